The van der Waals surface area contributed by atoms with E-state index in [1.165, 1.54) is 4.90 Å². The zero-order valence-electron chi connectivity index (χ0n) is 6.77. The fourth-order valence-corrected chi connectivity index (χ4v) is 0.998. The van der Waals surface area contributed by atoms with Gasteiger partial charge in [0.05, 0.1) is 5.75 Å². The van der Waals surface area contributed by atoms with Crippen LogP contribution in [-0.2, 0) is 4.79 Å². The molecule has 1 heterocycles. The maximum absolute atomic E-state index is 11.1. The van der Waals surface area contributed by atoms with E-state index < -0.39 is 0 Å². The molecular formula is C8H10N2OS. The first kappa shape index (κ1) is 9.06. The minimum absolute atomic E-state index is 0.0583. The Balaban J connectivity index is 2.78. The maximum atomic E-state index is 11.1. The zero-order valence-corrected chi connectivity index (χ0v) is 7.66. The van der Waals surface area contributed by atoms with E-state index in [0.29, 0.717) is 5.82 Å². The largest absolute Gasteiger partial charge is 0.299 e. The molecule has 0 spiro atoms. The lowest BCUT2D eigenvalue weighted by atomic mass is 10.4. The van der Waals surface area contributed by atoms with Crippen LogP contribution in [-0.4, -0.2) is 23.7 Å². The van der Waals surface area contributed by atoms with Crippen molar-refractivity contribution in [2.75, 3.05) is 17.7 Å². The number of hydrogen-bond donors (Lipinski definition) is 1. The van der Waals surface area contributed by atoms with Gasteiger partial charge in [0.25, 0.3) is 0 Å². The Labute approximate surface area is 76.8 Å². The van der Waals surface area contributed by atoms with Gasteiger partial charge in [-0.1, -0.05) is 6.07 Å². The predicted octanol–water partition coefficient (Wildman–Crippen LogP) is 0.974. The first-order valence-electron chi connectivity index (χ1n) is 3.54. The second-order valence-corrected chi connectivity index (χ2v) is 2.62. The van der Waals surface area contributed by atoms with Crippen molar-refractivity contribution in [3.63, 3.8) is 0 Å². The van der Waals surface area contributed by atoms with Crippen molar-refractivity contribution >= 4 is 24.4 Å². The van der Waals surface area contributed by atoms with Crippen molar-refractivity contribution in [1.82, 2.24) is 4.98 Å². The summed E-state index contributed by atoms with van der Waals surface area (Å²) in [5, 5.41) is 0. The average molecular weight is 182 g/mol. The minimum atomic E-state index is -0.0583. The molecular weight excluding hydrogens is 172 g/mol. The lowest BCUT2D eigenvalue weighted by Crippen LogP contribution is -2.27. The number of amides is 1. The van der Waals surface area contributed by atoms with Crippen molar-refractivity contribution in [3.8, 4) is 0 Å². The van der Waals surface area contributed by atoms with E-state index in [-0.39, 0.29) is 11.7 Å². The molecule has 1 aromatic rings. The van der Waals surface area contributed by atoms with Gasteiger partial charge >= 0.3 is 0 Å². The number of thiol groups is 1. The van der Waals surface area contributed by atoms with E-state index >= 15 is 0 Å². The van der Waals surface area contributed by atoms with Crippen LogP contribution < -0.4 is 4.90 Å². The lowest BCUT2D eigenvalue weighted by molar-refractivity contribution is -0.115. The SMILES string of the molecule is CN(C(=O)CS)c1ccccn1. The number of rotatable bonds is 2. The van der Waals surface area contributed by atoms with Gasteiger partial charge in [0.2, 0.25) is 5.91 Å². The van der Waals surface area contributed by atoms with E-state index in [4.69, 9.17) is 0 Å². The number of carbonyl (C=O) groups is 1. The molecule has 0 radical (unpaired) electrons. The summed E-state index contributed by atoms with van der Waals surface area (Å²) in [4.78, 5) is 16.6. The third-order valence-electron chi connectivity index (χ3n) is 1.50. The molecule has 0 atom stereocenters. The molecule has 3 nitrogen and oxygen atoms in total. The summed E-state index contributed by atoms with van der Waals surface area (Å²) in [6.45, 7) is 0. The number of carbonyl (C=O) groups excluding carboxylic acids is 1. The number of anilines is 1. The number of aromatic nitrogens is 1. The van der Waals surface area contributed by atoms with Gasteiger partial charge in [-0.25, -0.2) is 4.98 Å². The number of nitrogens with zero attached hydrogens (tertiary/aromatic N) is 2. The molecule has 4 heteroatoms. The molecule has 0 aliphatic carbocycles. The molecule has 12 heavy (non-hydrogen) atoms. The van der Waals surface area contributed by atoms with Gasteiger partial charge in [0.15, 0.2) is 0 Å². The molecule has 1 rings (SSSR count). The Morgan fingerprint density at radius 1 is 1.67 bits per heavy atom. The van der Waals surface area contributed by atoms with Crippen LogP contribution in [0, 0.1) is 0 Å². The summed E-state index contributed by atoms with van der Waals surface area (Å²) in [6, 6.07) is 5.43. The monoisotopic (exact) mass is 182 g/mol. The standard InChI is InChI=1S/C8H10N2OS/c1-10(8(11)6-12)7-4-2-3-5-9-7/h2-5,12H,6H2,1H3. The highest BCUT2D eigenvalue weighted by Crippen LogP contribution is 2.06. The Bertz CT molecular complexity index is 263. The van der Waals surface area contributed by atoms with E-state index in [2.05, 4.69) is 17.6 Å². The Hall–Kier alpha value is -1.03. The number of hydrogen-bond acceptors (Lipinski definition) is 3. The van der Waals surface area contributed by atoms with Crippen LogP contribution in [0.2, 0.25) is 0 Å². The molecule has 0 aliphatic rings. The molecule has 1 aromatic heterocycles. The van der Waals surface area contributed by atoms with Crippen molar-refractivity contribution in [2.24, 2.45) is 0 Å². The van der Waals surface area contributed by atoms with Crippen molar-refractivity contribution in [2.45, 2.75) is 0 Å². The summed E-state index contributed by atoms with van der Waals surface area (Å²) >= 11 is 3.89. The van der Waals surface area contributed by atoms with Crippen LogP contribution in [0.25, 0.3) is 0 Å². The third kappa shape index (κ3) is 1.98. The highest BCUT2D eigenvalue weighted by atomic mass is 32.1. The predicted molar refractivity (Wildman–Crippen MR) is 51.5 cm³/mol. The van der Waals surface area contributed by atoms with Crippen LogP contribution in [0.4, 0.5) is 5.82 Å². The Morgan fingerprint density at radius 3 is 2.92 bits per heavy atom. The second-order valence-electron chi connectivity index (χ2n) is 2.30. The molecule has 0 N–H and O–H groups in total. The average Bonchev–Trinajstić information content (AvgIpc) is 2.17. The molecule has 1 amide bonds. The smallest absolute Gasteiger partial charge is 0.237 e. The molecule has 0 bridgehead atoms. The Morgan fingerprint density at radius 2 is 2.42 bits per heavy atom. The van der Waals surface area contributed by atoms with Crippen molar-refractivity contribution in [3.05, 3.63) is 24.4 Å². The molecule has 0 fully saturated rings. The summed E-state index contributed by atoms with van der Waals surface area (Å²) in [5.74, 6) is 0.793. The van der Waals surface area contributed by atoms with E-state index in [1.807, 2.05) is 12.1 Å². The van der Waals surface area contributed by atoms with E-state index in [1.54, 1.807) is 19.3 Å². The van der Waals surface area contributed by atoms with Crippen molar-refractivity contribution < 1.29 is 4.79 Å². The molecule has 0 saturated carbocycles. The third-order valence-corrected chi connectivity index (χ3v) is 1.77. The molecule has 0 saturated heterocycles. The van der Waals surface area contributed by atoms with E-state index in [9.17, 15) is 4.79 Å². The van der Waals surface area contributed by atoms with Gasteiger partial charge in [0.1, 0.15) is 5.82 Å². The first-order chi connectivity index (χ1) is 5.75. The fourth-order valence-electron chi connectivity index (χ4n) is 0.786. The highest BCUT2D eigenvalue weighted by Gasteiger charge is 2.08. The molecule has 0 aliphatic heterocycles. The second kappa shape index (κ2) is 4.11. The van der Waals surface area contributed by atoms with Crippen LogP contribution in [0.3, 0.4) is 0 Å². The first-order valence-corrected chi connectivity index (χ1v) is 4.17. The highest BCUT2D eigenvalue weighted by molar-refractivity contribution is 7.81. The zero-order chi connectivity index (χ0) is 8.97. The molecule has 0 unspecified atom stereocenters. The van der Waals surface area contributed by atoms with Crippen LogP contribution in [0.5, 0.6) is 0 Å². The van der Waals surface area contributed by atoms with Crippen LogP contribution in [0.1, 0.15) is 0 Å². The van der Waals surface area contributed by atoms with Crippen LogP contribution in [0.15, 0.2) is 24.4 Å². The van der Waals surface area contributed by atoms with Gasteiger partial charge in [0, 0.05) is 13.2 Å². The summed E-state index contributed by atoms with van der Waals surface area (Å²) in [7, 11) is 1.68. The maximum Gasteiger partial charge on any atom is 0.237 e. The minimum Gasteiger partial charge on any atom is -0.299 e. The van der Waals surface area contributed by atoms with Gasteiger partial charge < -0.3 is 0 Å². The van der Waals surface area contributed by atoms with Gasteiger partial charge in [-0.15, -0.1) is 0 Å². The lowest BCUT2D eigenvalue weighted by Gasteiger charge is -2.13. The summed E-state index contributed by atoms with van der Waals surface area (Å²) in [6.07, 6.45) is 1.65. The van der Waals surface area contributed by atoms with Gasteiger partial charge in [-0.3, -0.25) is 9.69 Å². The topological polar surface area (TPSA) is 33.2 Å². The normalized spacial score (nSPS) is 9.50. The van der Waals surface area contributed by atoms with Crippen molar-refractivity contribution in [1.29, 1.82) is 0 Å². The van der Waals surface area contributed by atoms with Crippen LogP contribution >= 0.6 is 12.6 Å². The molecule has 64 valence electrons. The van der Waals surface area contributed by atoms with Gasteiger partial charge in [-0.2, -0.15) is 12.6 Å². The summed E-state index contributed by atoms with van der Waals surface area (Å²) < 4.78 is 0. The summed E-state index contributed by atoms with van der Waals surface area (Å²) in [5.41, 5.74) is 0. The number of pyridine rings is 1. The van der Waals surface area contributed by atoms with Gasteiger partial charge in [-0.05, 0) is 12.1 Å². The Kier molecular flexibility index (Phi) is 3.10. The van der Waals surface area contributed by atoms with E-state index in [0.717, 1.165) is 0 Å². The fraction of sp³-hybridized carbons (Fsp3) is 0.250. The quantitative estimate of drug-likeness (QED) is 0.691. The molecule has 0 aromatic carbocycles.